The van der Waals surface area contributed by atoms with E-state index in [2.05, 4.69) is 20.9 Å². The van der Waals surface area contributed by atoms with Crippen molar-refractivity contribution in [2.45, 2.75) is 6.10 Å². The van der Waals surface area contributed by atoms with Gasteiger partial charge in [-0.3, -0.25) is 4.79 Å². The number of likely N-dealkylation sites (N-methyl/N-ethyl adjacent to an activating group) is 1. The van der Waals surface area contributed by atoms with Crippen molar-refractivity contribution >= 4 is 27.8 Å². The summed E-state index contributed by atoms with van der Waals surface area (Å²) in [6.07, 6.45) is 0.665. The van der Waals surface area contributed by atoms with Crippen LogP contribution < -0.4 is 0 Å². The van der Waals surface area contributed by atoms with E-state index < -0.39 is 12.1 Å². The van der Waals surface area contributed by atoms with Crippen LogP contribution in [0.1, 0.15) is 22.2 Å². The van der Waals surface area contributed by atoms with E-state index in [1.54, 1.807) is 50.6 Å². The maximum Gasteiger partial charge on any atom is 0.355 e. The molecule has 1 heterocycles. The molecule has 0 radical (unpaired) electrons. The van der Waals surface area contributed by atoms with Crippen molar-refractivity contribution in [1.29, 1.82) is 0 Å². The standard InChI is InChI=1S/C15H15BrN2O3/c1-18(2)14(19)13(10-6-4-3-5-7-10)21-15(20)12-8-11(16)9-17-12/h3-9,13,17H,1-2H3. The Balaban J connectivity index is 2.24. The average molecular weight is 351 g/mol. The third-order valence-corrected chi connectivity index (χ3v) is 3.32. The first kappa shape index (κ1) is 15.3. The molecule has 0 spiro atoms. The summed E-state index contributed by atoms with van der Waals surface area (Å²) in [7, 11) is 3.24. The van der Waals surface area contributed by atoms with E-state index in [4.69, 9.17) is 4.74 Å². The average Bonchev–Trinajstić information content (AvgIpc) is 2.91. The minimum absolute atomic E-state index is 0.286. The summed E-state index contributed by atoms with van der Waals surface area (Å²) < 4.78 is 6.12. The summed E-state index contributed by atoms with van der Waals surface area (Å²) in [6, 6.07) is 10.5. The normalized spacial score (nSPS) is 11.8. The first-order valence-electron chi connectivity index (χ1n) is 6.30. The number of ether oxygens (including phenoxy) is 1. The summed E-state index contributed by atoms with van der Waals surface area (Å²) in [5, 5.41) is 0. The van der Waals surface area contributed by atoms with Crippen molar-refractivity contribution in [1.82, 2.24) is 9.88 Å². The van der Waals surface area contributed by atoms with Gasteiger partial charge in [0.15, 0.2) is 0 Å². The highest BCUT2D eigenvalue weighted by Gasteiger charge is 2.27. The predicted octanol–water partition coefficient (Wildman–Crippen LogP) is 2.76. The molecule has 0 aliphatic carbocycles. The van der Waals surface area contributed by atoms with Gasteiger partial charge in [-0.05, 0) is 22.0 Å². The number of esters is 1. The highest BCUT2D eigenvalue weighted by Crippen LogP contribution is 2.21. The molecule has 2 rings (SSSR count). The fourth-order valence-corrected chi connectivity index (χ4v) is 2.12. The number of carbonyl (C=O) groups excluding carboxylic acids is 2. The number of aromatic nitrogens is 1. The van der Waals surface area contributed by atoms with E-state index >= 15 is 0 Å². The quantitative estimate of drug-likeness (QED) is 0.862. The summed E-state index contributed by atoms with van der Waals surface area (Å²) in [5.41, 5.74) is 0.921. The number of amides is 1. The molecule has 1 N–H and O–H groups in total. The summed E-state index contributed by atoms with van der Waals surface area (Å²) in [6.45, 7) is 0. The van der Waals surface area contributed by atoms with Gasteiger partial charge in [-0.25, -0.2) is 4.79 Å². The van der Waals surface area contributed by atoms with Gasteiger partial charge < -0.3 is 14.6 Å². The molecule has 6 heteroatoms. The molecule has 1 unspecified atom stereocenters. The van der Waals surface area contributed by atoms with E-state index in [0.29, 0.717) is 5.56 Å². The molecule has 1 aromatic carbocycles. The van der Waals surface area contributed by atoms with Crippen LogP contribution in [0.25, 0.3) is 0 Å². The molecule has 0 saturated heterocycles. The number of H-pyrrole nitrogens is 1. The number of aromatic amines is 1. The molecule has 0 aliphatic heterocycles. The van der Waals surface area contributed by atoms with Gasteiger partial charge in [0.05, 0.1) is 0 Å². The molecule has 0 bridgehead atoms. The van der Waals surface area contributed by atoms with E-state index in [1.165, 1.54) is 4.90 Å². The molecule has 2 aromatic rings. The second-order valence-electron chi connectivity index (χ2n) is 4.66. The zero-order valence-corrected chi connectivity index (χ0v) is 13.3. The Morgan fingerprint density at radius 1 is 1.24 bits per heavy atom. The second-order valence-corrected chi connectivity index (χ2v) is 5.58. The van der Waals surface area contributed by atoms with E-state index in [-0.39, 0.29) is 11.6 Å². The topological polar surface area (TPSA) is 62.4 Å². The van der Waals surface area contributed by atoms with Gasteiger partial charge in [-0.15, -0.1) is 0 Å². The van der Waals surface area contributed by atoms with Crippen LogP contribution in [-0.4, -0.2) is 35.9 Å². The lowest BCUT2D eigenvalue weighted by Gasteiger charge is -2.20. The number of hydrogen-bond acceptors (Lipinski definition) is 3. The summed E-state index contributed by atoms with van der Waals surface area (Å²) >= 11 is 3.25. The van der Waals surface area contributed by atoms with Crippen LogP contribution in [0.5, 0.6) is 0 Å². The van der Waals surface area contributed by atoms with Crippen LogP contribution in [0, 0.1) is 0 Å². The number of halogens is 1. The lowest BCUT2D eigenvalue weighted by atomic mass is 10.1. The summed E-state index contributed by atoms with van der Waals surface area (Å²) in [5.74, 6) is -0.870. The number of nitrogens with one attached hydrogen (secondary N) is 1. The maximum absolute atomic E-state index is 12.2. The molecule has 0 fully saturated rings. The van der Waals surface area contributed by atoms with Crippen molar-refractivity contribution in [3.63, 3.8) is 0 Å². The third-order valence-electron chi connectivity index (χ3n) is 2.86. The monoisotopic (exact) mass is 350 g/mol. The van der Waals surface area contributed by atoms with Gasteiger partial charge in [0, 0.05) is 30.3 Å². The number of rotatable bonds is 4. The Morgan fingerprint density at radius 2 is 1.90 bits per heavy atom. The summed E-state index contributed by atoms with van der Waals surface area (Å²) in [4.78, 5) is 28.6. The molecule has 1 atom stereocenters. The predicted molar refractivity (Wildman–Crippen MR) is 81.8 cm³/mol. The molecule has 21 heavy (non-hydrogen) atoms. The first-order valence-corrected chi connectivity index (χ1v) is 7.09. The number of nitrogens with zero attached hydrogens (tertiary/aromatic N) is 1. The SMILES string of the molecule is CN(C)C(=O)C(OC(=O)c1cc(Br)c[nH]1)c1ccccc1. The van der Waals surface area contributed by atoms with Crippen molar-refractivity contribution in [2.75, 3.05) is 14.1 Å². The smallest absolute Gasteiger partial charge is 0.355 e. The van der Waals surface area contributed by atoms with E-state index in [0.717, 1.165) is 4.47 Å². The zero-order chi connectivity index (χ0) is 15.4. The second kappa shape index (κ2) is 6.58. The molecule has 0 saturated carbocycles. The highest BCUT2D eigenvalue weighted by atomic mass is 79.9. The van der Waals surface area contributed by atoms with Crippen molar-refractivity contribution in [3.8, 4) is 0 Å². The lowest BCUT2D eigenvalue weighted by molar-refractivity contribution is -0.138. The van der Waals surface area contributed by atoms with Crippen LogP contribution in [0.15, 0.2) is 47.1 Å². The molecule has 110 valence electrons. The van der Waals surface area contributed by atoms with Gasteiger partial charge in [-0.2, -0.15) is 0 Å². The Kier molecular flexibility index (Phi) is 4.80. The number of carbonyl (C=O) groups is 2. The van der Waals surface area contributed by atoms with Crippen LogP contribution >= 0.6 is 15.9 Å². The number of hydrogen-bond donors (Lipinski definition) is 1. The Hall–Kier alpha value is -2.08. The third kappa shape index (κ3) is 3.72. The van der Waals surface area contributed by atoms with Crippen molar-refractivity contribution in [2.24, 2.45) is 0 Å². The molecular formula is C15H15BrN2O3. The van der Waals surface area contributed by atoms with Crippen molar-refractivity contribution < 1.29 is 14.3 Å². The van der Waals surface area contributed by atoms with Crippen LogP contribution in [0.2, 0.25) is 0 Å². The largest absolute Gasteiger partial charge is 0.443 e. The van der Waals surface area contributed by atoms with Gasteiger partial charge in [0.2, 0.25) is 6.10 Å². The number of benzene rings is 1. The molecular weight excluding hydrogens is 336 g/mol. The molecule has 0 aliphatic rings. The minimum Gasteiger partial charge on any atom is -0.443 e. The molecule has 1 aromatic heterocycles. The Morgan fingerprint density at radius 3 is 2.43 bits per heavy atom. The Bertz CT molecular complexity index is 637. The molecule has 5 nitrogen and oxygen atoms in total. The Labute approximate surface area is 131 Å². The molecule has 1 amide bonds. The van der Waals surface area contributed by atoms with Gasteiger partial charge in [0.25, 0.3) is 5.91 Å². The minimum atomic E-state index is -0.962. The van der Waals surface area contributed by atoms with Crippen LogP contribution in [0.3, 0.4) is 0 Å². The van der Waals surface area contributed by atoms with Gasteiger partial charge >= 0.3 is 5.97 Å². The fourth-order valence-electron chi connectivity index (χ4n) is 1.78. The highest BCUT2D eigenvalue weighted by molar-refractivity contribution is 9.10. The zero-order valence-electron chi connectivity index (χ0n) is 11.7. The van der Waals surface area contributed by atoms with Gasteiger partial charge in [0.1, 0.15) is 5.69 Å². The fraction of sp³-hybridized carbons (Fsp3) is 0.200. The maximum atomic E-state index is 12.2. The lowest BCUT2D eigenvalue weighted by Crippen LogP contribution is -2.31. The van der Waals surface area contributed by atoms with Crippen LogP contribution in [0.4, 0.5) is 0 Å². The first-order chi connectivity index (χ1) is 9.99. The van der Waals surface area contributed by atoms with Crippen molar-refractivity contribution in [3.05, 3.63) is 58.3 Å². The van der Waals surface area contributed by atoms with Gasteiger partial charge in [-0.1, -0.05) is 30.3 Å². The van der Waals surface area contributed by atoms with Crippen LogP contribution in [-0.2, 0) is 9.53 Å². The van der Waals surface area contributed by atoms with E-state index in [9.17, 15) is 9.59 Å². The van der Waals surface area contributed by atoms with E-state index in [1.807, 2.05) is 6.07 Å².